The highest BCUT2D eigenvalue weighted by Gasteiger charge is 2.16. The molecule has 2 rings (SSSR count). The van der Waals surface area contributed by atoms with Crippen molar-refractivity contribution in [2.75, 3.05) is 42.2 Å². The first-order chi connectivity index (χ1) is 9.20. The molecule has 102 valence electrons. The van der Waals surface area contributed by atoms with Crippen molar-refractivity contribution in [1.82, 2.24) is 15.0 Å². The number of rotatable bonds is 4. The number of hydrogen-bond acceptors (Lipinski definition) is 7. The second-order valence-electron chi connectivity index (χ2n) is 4.67. The lowest BCUT2D eigenvalue weighted by Gasteiger charge is -2.27. The van der Waals surface area contributed by atoms with Crippen molar-refractivity contribution in [2.45, 2.75) is 25.7 Å². The molecule has 0 atom stereocenters. The van der Waals surface area contributed by atoms with Crippen molar-refractivity contribution in [1.29, 1.82) is 5.26 Å². The van der Waals surface area contributed by atoms with Crippen LogP contribution in [0.2, 0.25) is 0 Å². The monoisotopic (exact) mass is 261 g/mol. The summed E-state index contributed by atoms with van der Waals surface area (Å²) < 4.78 is 0. The Bertz CT molecular complexity index is 462. The van der Waals surface area contributed by atoms with E-state index in [9.17, 15) is 0 Å². The zero-order chi connectivity index (χ0) is 13.7. The Hall–Kier alpha value is -2.10. The Morgan fingerprint density at radius 1 is 1.26 bits per heavy atom. The third-order valence-corrected chi connectivity index (χ3v) is 3.17. The van der Waals surface area contributed by atoms with Gasteiger partial charge in [0.25, 0.3) is 0 Å². The number of nitrogen functional groups attached to an aromatic ring is 1. The van der Waals surface area contributed by atoms with Crippen molar-refractivity contribution in [2.24, 2.45) is 0 Å². The van der Waals surface area contributed by atoms with E-state index in [2.05, 4.69) is 25.9 Å². The second kappa shape index (κ2) is 6.18. The smallest absolute Gasteiger partial charge is 0.231 e. The van der Waals surface area contributed by atoms with Crippen molar-refractivity contribution in [3.8, 4) is 6.07 Å². The van der Waals surface area contributed by atoms with Gasteiger partial charge in [-0.05, 0) is 19.3 Å². The van der Waals surface area contributed by atoms with Gasteiger partial charge in [0.2, 0.25) is 17.8 Å². The topological polar surface area (TPSA) is 95.0 Å². The van der Waals surface area contributed by atoms with Gasteiger partial charge in [0.15, 0.2) is 0 Å². The molecular formula is C12H19N7. The summed E-state index contributed by atoms with van der Waals surface area (Å²) in [5.41, 5.74) is 5.75. The van der Waals surface area contributed by atoms with Crippen LogP contribution in [0.4, 0.5) is 17.8 Å². The van der Waals surface area contributed by atoms with E-state index in [0.717, 1.165) is 25.9 Å². The van der Waals surface area contributed by atoms with Gasteiger partial charge in [-0.25, -0.2) is 0 Å². The fraction of sp³-hybridized carbons (Fsp3) is 0.667. The van der Waals surface area contributed by atoms with Crippen molar-refractivity contribution >= 4 is 17.8 Å². The zero-order valence-electron chi connectivity index (χ0n) is 11.2. The van der Waals surface area contributed by atoms with Crippen LogP contribution in [-0.2, 0) is 0 Å². The largest absolute Gasteiger partial charge is 0.368 e. The molecule has 19 heavy (non-hydrogen) atoms. The van der Waals surface area contributed by atoms with E-state index in [1.807, 2.05) is 11.9 Å². The van der Waals surface area contributed by atoms with Gasteiger partial charge in [-0.15, -0.1) is 0 Å². The van der Waals surface area contributed by atoms with Gasteiger partial charge >= 0.3 is 0 Å². The summed E-state index contributed by atoms with van der Waals surface area (Å²) in [6.45, 7) is 2.51. The Kier molecular flexibility index (Phi) is 4.34. The highest BCUT2D eigenvalue weighted by atomic mass is 15.3. The van der Waals surface area contributed by atoms with E-state index in [0.29, 0.717) is 24.9 Å². The summed E-state index contributed by atoms with van der Waals surface area (Å²) in [6.07, 6.45) is 4.00. The van der Waals surface area contributed by atoms with Crippen LogP contribution >= 0.6 is 0 Å². The number of aromatic nitrogens is 3. The molecule has 0 saturated carbocycles. The van der Waals surface area contributed by atoms with Crippen molar-refractivity contribution in [3.05, 3.63) is 0 Å². The zero-order valence-corrected chi connectivity index (χ0v) is 11.2. The van der Waals surface area contributed by atoms with Crippen LogP contribution in [-0.4, -0.2) is 41.6 Å². The molecular weight excluding hydrogens is 242 g/mol. The van der Waals surface area contributed by atoms with E-state index in [1.54, 1.807) is 0 Å². The third-order valence-electron chi connectivity index (χ3n) is 3.17. The van der Waals surface area contributed by atoms with E-state index in [-0.39, 0.29) is 5.95 Å². The quantitative estimate of drug-likeness (QED) is 0.856. The molecule has 2 N–H and O–H groups in total. The molecule has 0 amide bonds. The maximum atomic E-state index is 8.61. The normalized spacial score (nSPS) is 15.1. The van der Waals surface area contributed by atoms with Crippen LogP contribution in [0.1, 0.15) is 25.7 Å². The van der Waals surface area contributed by atoms with Crippen molar-refractivity contribution < 1.29 is 0 Å². The molecule has 2 heterocycles. The molecule has 0 bridgehead atoms. The molecule has 0 spiro atoms. The minimum absolute atomic E-state index is 0.231. The third kappa shape index (κ3) is 3.44. The lowest BCUT2D eigenvalue weighted by atomic mass is 10.1. The van der Waals surface area contributed by atoms with Crippen LogP contribution in [0.5, 0.6) is 0 Å². The number of nitriles is 1. The molecule has 0 radical (unpaired) electrons. The molecule has 7 heteroatoms. The average molecular weight is 261 g/mol. The SMILES string of the molecule is CN(CCC#N)c1nc(N)nc(N2CCCCC2)n1. The number of anilines is 3. The number of nitrogens with zero attached hydrogens (tertiary/aromatic N) is 6. The predicted molar refractivity (Wildman–Crippen MR) is 73.8 cm³/mol. The molecule has 1 aliphatic rings. The maximum absolute atomic E-state index is 8.61. The first-order valence-corrected chi connectivity index (χ1v) is 6.55. The minimum Gasteiger partial charge on any atom is -0.368 e. The Morgan fingerprint density at radius 3 is 2.68 bits per heavy atom. The summed E-state index contributed by atoms with van der Waals surface area (Å²) in [6, 6.07) is 2.11. The van der Waals surface area contributed by atoms with Gasteiger partial charge in [-0.2, -0.15) is 20.2 Å². The molecule has 0 aromatic carbocycles. The molecule has 0 aliphatic carbocycles. The lowest BCUT2D eigenvalue weighted by molar-refractivity contribution is 0.567. The minimum atomic E-state index is 0.231. The standard InChI is InChI=1S/C12H19N7/c1-18(7-5-6-13)11-15-10(14)16-12(17-11)19-8-3-2-4-9-19/h2-5,7-9H2,1H3,(H2,14,15,16,17). The van der Waals surface area contributed by atoms with Crippen LogP contribution in [0.15, 0.2) is 0 Å². The first kappa shape index (κ1) is 13.3. The second-order valence-corrected chi connectivity index (χ2v) is 4.67. The summed E-state index contributed by atoms with van der Waals surface area (Å²) in [7, 11) is 1.85. The van der Waals surface area contributed by atoms with E-state index in [4.69, 9.17) is 11.0 Å². The number of piperidine rings is 1. The summed E-state index contributed by atoms with van der Waals surface area (Å²) in [5, 5.41) is 8.61. The summed E-state index contributed by atoms with van der Waals surface area (Å²) in [5.74, 6) is 1.41. The fourth-order valence-corrected chi connectivity index (χ4v) is 2.09. The first-order valence-electron chi connectivity index (χ1n) is 6.55. The van der Waals surface area contributed by atoms with Crippen LogP contribution < -0.4 is 15.5 Å². The molecule has 1 aromatic heterocycles. The Morgan fingerprint density at radius 2 is 2.00 bits per heavy atom. The maximum Gasteiger partial charge on any atom is 0.231 e. The Labute approximate surface area is 113 Å². The van der Waals surface area contributed by atoms with Gasteiger partial charge in [-0.1, -0.05) is 0 Å². The van der Waals surface area contributed by atoms with Crippen LogP contribution in [0, 0.1) is 11.3 Å². The highest BCUT2D eigenvalue weighted by Crippen LogP contribution is 2.18. The summed E-state index contributed by atoms with van der Waals surface area (Å²) >= 11 is 0. The van der Waals surface area contributed by atoms with Gasteiger partial charge in [0, 0.05) is 26.7 Å². The fourth-order valence-electron chi connectivity index (χ4n) is 2.09. The molecule has 0 unspecified atom stereocenters. The van der Waals surface area contributed by atoms with Gasteiger partial charge in [0.05, 0.1) is 12.5 Å². The molecule has 1 aromatic rings. The molecule has 1 aliphatic heterocycles. The van der Waals surface area contributed by atoms with E-state index >= 15 is 0 Å². The number of nitrogens with two attached hydrogens (primary N) is 1. The highest BCUT2D eigenvalue weighted by molar-refractivity contribution is 5.43. The molecule has 7 nitrogen and oxygen atoms in total. The molecule has 1 saturated heterocycles. The van der Waals surface area contributed by atoms with E-state index in [1.165, 1.54) is 6.42 Å². The van der Waals surface area contributed by atoms with Crippen molar-refractivity contribution in [3.63, 3.8) is 0 Å². The average Bonchev–Trinajstić information content (AvgIpc) is 2.45. The Balaban J connectivity index is 2.16. The predicted octanol–water partition coefficient (Wildman–Crippen LogP) is 0.794. The summed E-state index contributed by atoms with van der Waals surface area (Å²) in [4.78, 5) is 16.8. The van der Waals surface area contributed by atoms with Gasteiger partial charge < -0.3 is 15.5 Å². The number of hydrogen-bond donors (Lipinski definition) is 1. The van der Waals surface area contributed by atoms with Crippen LogP contribution in [0.3, 0.4) is 0 Å². The molecule has 1 fully saturated rings. The van der Waals surface area contributed by atoms with E-state index < -0.39 is 0 Å². The van der Waals surface area contributed by atoms with Crippen LogP contribution in [0.25, 0.3) is 0 Å². The van der Waals surface area contributed by atoms with Gasteiger partial charge in [-0.3, -0.25) is 0 Å². The van der Waals surface area contributed by atoms with Gasteiger partial charge in [0.1, 0.15) is 0 Å². The lowest BCUT2D eigenvalue weighted by Crippen LogP contribution is -2.32.